The van der Waals surface area contributed by atoms with Gasteiger partial charge in [-0.25, -0.2) is 0 Å². The van der Waals surface area contributed by atoms with Crippen molar-refractivity contribution in [2.45, 2.75) is 25.9 Å². The standard InChI is InChI=1S/C16H20BrNO/c1-3-4-16(11-18-2)19-15-8-6-12-9-14(17)7-5-13(12)10-15/h5-10,16,18H,3-4,11H2,1-2H3. The molecule has 1 unspecified atom stereocenters. The van der Waals surface area contributed by atoms with E-state index in [1.54, 1.807) is 0 Å². The first kappa shape index (κ1) is 14.4. The van der Waals surface area contributed by atoms with E-state index in [0.717, 1.165) is 29.6 Å². The van der Waals surface area contributed by atoms with Gasteiger partial charge in [-0.3, -0.25) is 0 Å². The number of likely N-dealkylation sites (N-methyl/N-ethyl adjacent to an activating group) is 1. The van der Waals surface area contributed by atoms with Crippen LogP contribution in [0.3, 0.4) is 0 Å². The van der Waals surface area contributed by atoms with E-state index in [-0.39, 0.29) is 6.10 Å². The molecule has 0 aliphatic heterocycles. The second kappa shape index (κ2) is 6.92. The number of benzene rings is 2. The molecule has 0 aromatic heterocycles. The first-order valence-corrected chi connectivity index (χ1v) is 7.53. The number of nitrogens with one attached hydrogen (secondary N) is 1. The first-order valence-electron chi connectivity index (χ1n) is 6.73. The largest absolute Gasteiger partial charge is 0.489 e. The third-order valence-electron chi connectivity index (χ3n) is 3.12. The van der Waals surface area contributed by atoms with Crippen LogP contribution in [0.2, 0.25) is 0 Å². The Balaban J connectivity index is 2.18. The van der Waals surface area contributed by atoms with Crippen LogP contribution in [0.4, 0.5) is 0 Å². The highest BCUT2D eigenvalue weighted by atomic mass is 79.9. The van der Waals surface area contributed by atoms with Crippen molar-refractivity contribution in [2.24, 2.45) is 0 Å². The summed E-state index contributed by atoms with van der Waals surface area (Å²) in [5.74, 6) is 0.948. The summed E-state index contributed by atoms with van der Waals surface area (Å²) in [6, 6.07) is 12.6. The van der Waals surface area contributed by atoms with Crippen LogP contribution in [-0.4, -0.2) is 19.7 Å². The molecule has 0 bridgehead atoms. The maximum Gasteiger partial charge on any atom is 0.120 e. The lowest BCUT2D eigenvalue weighted by Gasteiger charge is -2.18. The van der Waals surface area contributed by atoms with Crippen LogP contribution in [0.25, 0.3) is 10.8 Å². The maximum atomic E-state index is 6.06. The van der Waals surface area contributed by atoms with Crippen LogP contribution in [0.15, 0.2) is 40.9 Å². The highest BCUT2D eigenvalue weighted by molar-refractivity contribution is 9.10. The molecule has 3 heteroatoms. The van der Waals surface area contributed by atoms with E-state index in [4.69, 9.17) is 4.74 Å². The van der Waals surface area contributed by atoms with Crippen LogP contribution >= 0.6 is 15.9 Å². The number of rotatable bonds is 6. The monoisotopic (exact) mass is 321 g/mol. The van der Waals surface area contributed by atoms with Gasteiger partial charge in [-0.2, -0.15) is 0 Å². The Morgan fingerprint density at radius 1 is 1.16 bits per heavy atom. The summed E-state index contributed by atoms with van der Waals surface area (Å²) in [6.45, 7) is 3.07. The summed E-state index contributed by atoms with van der Waals surface area (Å²) >= 11 is 3.49. The summed E-state index contributed by atoms with van der Waals surface area (Å²) in [5, 5.41) is 5.62. The van der Waals surface area contributed by atoms with E-state index in [2.05, 4.69) is 58.5 Å². The number of halogens is 1. The normalized spacial score (nSPS) is 12.6. The molecule has 0 amide bonds. The van der Waals surface area contributed by atoms with Gasteiger partial charge in [0.1, 0.15) is 11.9 Å². The minimum atomic E-state index is 0.239. The van der Waals surface area contributed by atoms with E-state index in [1.807, 2.05) is 13.1 Å². The van der Waals surface area contributed by atoms with E-state index >= 15 is 0 Å². The molecule has 102 valence electrons. The Hall–Kier alpha value is -1.06. The summed E-state index contributed by atoms with van der Waals surface area (Å²) in [5.41, 5.74) is 0. The SMILES string of the molecule is CCCC(CNC)Oc1ccc2cc(Br)ccc2c1. The molecule has 0 aliphatic rings. The molecular weight excluding hydrogens is 302 g/mol. The molecule has 2 nitrogen and oxygen atoms in total. The molecule has 1 atom stereocenters. The molecule has 0 saturated carbocycles. The zero-order valence-corrected chi connectivity index (χ0v) is 13.0. The van der Waals surface area contributed by atoms with E-state index in [1.165, 1.54) is 10.8 Å². The lowest BCUT2D eigenvalue weighted by atomic mass is 10.1. The maximum absolute atomic E-state index is 6.06. The zero-order valence-electron chi connectivity index (χ0n) is 11.4. The smallest absolute Gasteiger partial charge is 0.120 e. The van der Waals surface area contributed by atoms with Gasteiger partial charge < -0.3 is 10.1 Å². The second-order valence-electron chi connectivity index (χ2n) is 4.74. The van der Waals surface area contributed by atoms with E-state index in [0.29, 0.717) is 0 Å². The molecule has 0 radical (unpaired) electrons. The van der Waals surface area contributed by atoms with Gasteiger partial charge in [0.25, 0.3) is 0 Å². The van der Waals surface area contributed by atoms with Crippen molar-refractivity contribution in [3.8, 4) is 5.75 Å². The molecule has 0 spiro atoms. The lowest BCUT2D eigenvalue weighted by molar-refractivity contribution is 0.189. The van der Waals surface area contributed by atoms with Crippen LogP contribution in [0.5, 0.6) is 5.75 Å². The van der Waals surface area contributed by atoms with Crippen molar-refractivity contribution < 1.29 is 4.74 Å². The molecule has 2 aromatic carbocycles. The van der Waals surface area contributed by atoms with Crippen LogP contribution < -0.4 is 10.1 Å². The highest BCUT2D eigenvalue weighted by Crippen LogP contribution is 2.25. The van der Waals surface area contributed by atoms with Crippen LogP contribution in [0.1, 0.15) is 19.8 Å². The van der Waals surface area contributed by atoms with Gasteiger partial charge in [-0.15, -0.1) is 0 Å². The van der Waals surface area contributed by atoms with Gasteiger partial charge in [0.15, 0.2) is 0 Å². The van der Waals surface area contributed by atoms with Gasteiger partial charge in [0.2, 0.25) is 0 Å². The van der Waals surface area contributed by atoms with Crippen molar-refractivity contribution in [2.75, 3.05) is 13.6 Å². The van der Waals surface area contributed by atoms with E-state index < -0.39 is 0 Å². The second-order valence-corrected chi connectivity index (χ2v) is 5.66. The first-order chi connectivity index (χ1) is 9.22. The Kier molecular flexibility index (Phi) is 5.23. The predicted octanol–water partition coefficient (Wildman–Crippen LogP) is 4.37. The lowest BCUT2D eigenvalue weighted by Crippen LogP contribution is -2.29. The molecule has 0 heterocycles. The quantitative estimate of drug-likeness (QED) is 0.853. The fourth-order valence-electron chi connectivity index (χ4n) is 2.21. The Morgan fingerprint density at radius 2 is 1.89 bits per heavy atom. The van der Waals surface area contributed by atoms with Gasteiger partial charge in [0, 0.05) is 11.0 Å². The van der Waals surface area contributed by atoms with Gasteiger partial charge in [-0.05, 0) is 48.5 Å². The molecule has 0 saturated heterocycles. The summed E-state index contributed by atoms with van der Waals surface area (Å²) in [4.78, 5) is 0. The fourth-order valence-corrected chi connectivity index (χ4v) is 2.59. The molecule has 1 N–H and O–H groups in total. The average molecular weight is 322 g/mol. The topological polar surface area (TPSA) is 21.3 Å². The van der Waals surface area contributed by atoms with Crippen LogP contribution in [0, 0.1) is 0 Å². The van der Waals surface area contributed by atoms with Gasteiger partial charge in [0.05, 0.1) is 0 Å². The number of hydrogen-bond acceptors (Lipinski definition) is 2. The minimum absolute atomic E-state index is 0.239. The average Bonchev–Trinajstić information content (AvgIpc) is 2.39. The number of fused-ring (bicyclic) bond motifs is 1. The highest BCUT2D eigenvalue weighted by Gasteiger charge is 2.08. The van der Waals surface area contributed by atoms with Gasteiger partial charge >= 0.3 is 0 Å². The molecular formula is C16H20BrNO. The Bertz CT molecular complexity index is 535. The van der Waals surface area contributed by atoms with Crippen molar-refractivity contribution in [3.63, 3.8) is 0 Å². The van der Waals surface area contributed by atoms with Crippen molar-refractivity contribution in [3.05, 3.63) is 40.9 Å². The molecule has 0 fully saturated rings. The van der Waals surface area contributed by atoms with Crippen molar-refractivity contribution >= 4 is 26.7 Å². The predicted molar refractivity (Wildman–Crippen MR) is 84.9 cm³/mol. The molecule has 2 rings (SSSR count). The summed E-state index contributed by atoms with van der Waals surface area (Å²) in [6.07, 6.45) is 2.44. The summed E-state index contributed by atoms with van der Waals surface area (Å²) in [7, 11) is 1.96. The summed E-state index contributed by atoms with van der Waals surface area (Å²) < 4.78 is 7.16. The Morgan fingerprint density at radius 3 is 2.63 bits per heavy atom. The number of ether oxygens (including phenoxy) is 1. The third-order valence-corrected chi connectivity index (χ3v) is 3.61. The minimum Gasteiger partial charge on any atom is -0.489 e. The van der Waals surface area contributed by atoms with E-state index in [9.17, 15) is 0 Å². The molecule has 19 heavy (non-hydrogen) atoms. The van der Waals surface area contributed by atoms with Crippen molar-refractivity contribution in [1.82, 2.24) is 5.32 Å². The van der Waals surface area contributed by atoms with Crippen molar-refractivity contribution in [1.29, 1.82) is 0 Å². The third kappa shape index (κ3) is 3.95. The number of hydrogen-bond donors (Lipinski definition) is 1. The zero-order chi connectivity index (χ0) is 13.7. The van der Waals surface area contributed by atoms with Crippen LogP contribution in [-0.2, 0) is 0 Å². The molecule has 2 aromatic rings. The van der Waals surface area contributed by atoms with Gasteiger partial charge in [-0.1, -0.05) is 41.4 Å². The Labute approximate surface area is 123 Å². The molecule has 0 aliphatic carbocycles. The fraction of sp³-hybridized carbons (Fsp3) is 0.375.